The Labute approximate surface area is 106 Å². The van der Waals surface area contributed by atoms with Crippen LogP contribution in [0.3, 0.4) is 0 Å². The van der Waals surface area contributed by atoms with Crippen molar-refractivity contribution in [3.63, 3.8) is 0 Å². The fourth-order valence-corrected chi connectivity index (χ4v) is 0. The van der Waals surface area contributed by atoms with Crippen molar-refractivity contribution in [3.05, 3.63) is 0 Å². The quantitative estimate of drug-likeness (QED) is 0.243. The van der Waals surface area contributed by atoms with Gasteiger partial charge in [-0.3, -0.25) is 0 Å². The minimum absolute atomic E-state index is 1.14. The first-order chi connectivity index (χ1) is 6.93. The number of carboxylic acid groups (broad SMARTS) is 3. The molecule has 0 heterocycles. The zero-order valence-corrected chi connectivity index (χ0v) is 10.7. The Morgan fingerprint density at radius 1 is 0.750 bits per heavy atom. The van der Waals surface area contributed by atoms with Crippen molar-refractivity contribution in [2.75, 3.05) is 0 Å². The number of thiol groups is 3. The Bertz CT molecular complexity index is 166. The Balaban J connectivity index is -0.0000000600. The fourth-order valence-electron chi connectivity index (χ4n) is 0. The van der Waals surface area contributed by atoms with Gasteiger partial charge in [0.2, 0.25) is 0 Å². The van der Waals surface area contributed by atoms with Gasteiger partial charge in [0.25, 0.3) is 0 Å². The van der Waals surface area contributed by atoms with Crippen LogP contribution >= 0.6 is 46.1 Å². The van der Waals surface area contributed by atoms with Gasteiger partial charge in [-0.05, 0) is 0 Å². The van der Waals surface area contributed by atoms with Crippen LogP contribution in [0.5, 0.6) is 0 Å². The van der Waals surface area contributed by atoms with Crippen LogP contribution in [-0.2, 0) is 4.57 Å². The van der Waals surface area contributed by atoms with E-state index in [-0.39, 0.29) is 0 Å². The van der Waals surface area contributed by atoms with Crippen LogP contribution in [0.15, 0.2) is 0 Å². The number of hydrogen-bond acceptors (Lipinski definition) is 4. The summed E-state index contributed by atoms with van der Waals surface area (Å²) in [6.07, 6.45) is 0. The van der Waals surface area contributed by atoms with E-state index in [0.717, 1.165) is 0 Å². The van der Waals surface area contributed by atoms with Crippen LogP contribution in [0.4, 0.5) is 14.4 Å². The zero-order chi connectivity index (χ0) is 14.3. The molecule has 96 valence electrons. The largest absolute Gasteiger partial charge is 0.692 e. The lowest BCUT2D eigenvalue weighted by Gasteiger charge is -1.58. The van der Waals surface area contributed by atoms with E-state index in [4.69, 9.17) is 44.1 Å². The zero-order valence-electron chi connectivity index (χ0n) is 7.16. The van der Waals surface area contributed by atoms with Crippen molar-refractivity contribution >= 4 is 62.0 Å². The van der Waals surface area contributed by atoms with Gasteiger partial charge < -0.3 is 15.3 Å². The molecule has 0 saturated heterocycles. The predicted octanol–water partition coefficient (Wildman–Crippen LogP) is 1.41. The highest BCUT2D eigenvalue weighted by Gasteiger charge is 1.93. The maximum Gasteiger partial charge on any atom is 0.692 e. The number of rotatable bonds is 0. The highest BCUT2D eigenvalue weighted by Crippen LogP contribution is 1.98. The summed E-state index contributed by atoms with van der Waals surface area (Å²) in [7, 11) is -2.87. The SMILES string of the molecule is O=C(O)S.O=C(O)S.O=C(O)S.O=[P+](O)O. The van der Waals surface area contributed by atoms with Crippen molar-refractivity contribution < 1.29 is 44.1 Å². The summed E-state index contributed by atoms with van der Waals surface area (Å²) in [5.74, 6) is 0. The Kier molecular flexibility index (Phi) is 30.7. The van der Waals surface area contributed by atoms with E-state index in [1.807, 2.05) is 0 Å². The molecule has 0 fully saturated rings. The van der Waals surface area contributed by atoms with E-state index in [0.29, 0.717) is 0 Å². The molecule has 0 aromatic rings. The maximum absolute atomic E-state index is 8.86. The van der Waals surface area contributed by atoms with Crippen molar-refractivity contribution in [2.45, 2.75) is 0 Å². The van der Waals surface area contributed by atoms with Gasteiger partial charge in [0, 0.05) is 4.57 Å². The first-order valence-corrected chi connectivity index (χ1v) is 5.04. The summed E-state index contributed by atoms with van der Waals surface area (Å²) in [6.45, 7) is 0. The van der Waals surface area contributed by atoms with Crippen molar-refractivity contribution in [2.24, 2.45) is 0 Å². The molecule has 5 N–H and O–H groups in total. The van der Waals surface area contributed by atoms with Crippen molar-refractivity contribution in [3.8, 4) is 0 Å². The van der Waals surface area contributed by atoms with E-state index in [2.05, 4.69) is 37.9 Å². The number of carbonyl (C=O) groups is 3. The minimum Gasteiger partial charge on any atom is -0.473 e. The van der Waals surface area contributed by atoms with Gasteiger partial charge in [-0.25, -0.2) is 14.4 Å². The topological polar surface area (TPSA) is 169 Å². The lowest BCUT2D eigenvalue weighted by Crippen LogP contribution is -1.67. The molecular weight excluding hydrogens is 307 g/mol. The van der Waals surface area contributed by atoms with Gasteiger partial charge in [0.1, 0.15) is 0 Å². The van der Waals surface area contributed by atoms with E-state index < -0.39 is 24.2 Å². The summed E-state index contributed by atoms with van der Waals surface area (Å²) >= 11 is 8.65. The molecule has 0 rings (SSSR count). The smallest absolute Gasteiger partial charge is 0.473 e. The van der Waals surface area contributed by atoms with Crippen LogP contribution < -0.4 is 0 Å². The Morgan fingerprint density at radius 3 is 0.750 bits per heavy atom. The second-order valence-electron chi connectivity index (χ2n) is 1.10. The summed E-state index contributed by atoms with van der Waals surface area (Å²) in [5, 5.41) is 18.4. The van der Waals surface area contributed by atoms with E-state index in [1.54, 1.807) is 0 Å². The summed E-state index contributed by atoms with van der Waals surface area (Å²) in [5.41, 5.74) is 0. The van der Waals surface area contributed by atoms with Gasteiger partial charge in [-0.2, -0.15) is 0 Å². The third kappa shape index (κ3) is 7760. The molecule has 0 aliphatic carbocycles. The molecule has 9 nitrogen and oxygen atoms in total. The molecule has 0 bridgehead atoms. The molecule has 0 saturated carbocycles. The van der Waals surface area contributed by atoms with Crippen LogP contribution in [0, 0.1) is 0 Å². The lowest BCUT2D eigenvalue weighted by molar-refractivity contribution is 0.221. The molecule has 0 spiro atoms. The lowest BCUT2D eigenvalue weighted by atomic mass is 11.6. The van der Waals surface area contributed by atoms with Gasteiger partial charge in [-0.1, -0.05) is 37.9 Å². The second-order valence-corrected chi connectivity index (χ2v) is 2.75. The predicted molar refractivity (Wildman–Crippen MR) is 63.1 cm³/mol. The minimum atomic E-state index is -2.87. The first kappa shape index (κ1) is 24.6. The van der Waals surface area contributed by atoms with Gasteiger partial charge in [-0.15, -0.1) is 9.79 Å². The summed E-state index contributed by atoms with van der Waals surface area (Å²) in [4.78, 5) is 40.8. The average molecular weight is 315 g/mol. The molecular formula is C3H8O9PS3+. The third-order valence-electron chi connectivity index (χ3n) is 0. The van der Waals surface area contributed by atoms with Crippen LogP contribution in [0.2, 0.25) is 0 Å². The Morgan fingerprint density at radius 2 is 0.750 bits per heavy atom. The molecule has 0 aliphatic heterocycles. The summed E-state index contributed by atoms with van der Waals surface area (Å²) in [6, 6.07) is 0. The van der Waals surface area contributed by atoms with Crippen LogP contribution in [0.25, 0.3) is 0 Å². The van der Waals surface area contributed by atoms with Crippen LogP contribution in [-0.4, -0.2) is 41.0 Å². The van der Waals surface area contributed by atoms with Gasteiger partial charge >= 0.3 is 24.2 Å². The van der Waals surface area contributed by atoms with E-state index in [1.165, 1.54) is 0 Å². The Hall–Kier alpha value is -0.520. The van der Waals surface area contributed by atoms with Crippen molar-refractivity contribution in [1.82, 2.24) is 0 Å². The molecule has 0 amide bonds. The maximum atomic E-state index is 8.86. The molecule has 0 atom stereocenters. The number of hydrogen-bond donors (Lipinski definition) is 8. The van der Waals surface area contributed by atoms with E-state index >= 15 is 0 Å². The fraction of sp³-hybridized carbons (Fsp3) is 0. The molecule has 0 radical (unpaired) electrons. The normalized spacial score (nSPS) is 6.31. The molecule has 16 heavy (non-hydrogen) atoms. The second kappa shape index (κ2) is 20.0. The first-order valence-electron chi connectivity index (χ1n) is 2.54. The van der Waals surface area contributed by atoms with Crippen LogP contribution in [0.1, 0.15) is 0 Å². The highest BCUT2D eigenvalue weighted by atomic mass is 32.1. The molecule has 13 heteroatoms. The summed E-state index contributed by atoms with van der Waals surface area (Å²) < 4.78 is 8.70. The van der Waals surface area contributed by atoms with E-state index in [9.17, 15) is 0 Å². The molecule has 0 unspecified atom stereocenters. The molecule has 0 aliphatic rings. The third-order valence-corrected chi connectivity index (χ3v) is 0. The van der Waals surface area contributed by atoms with Crippen molar-refractivity contribution in [1.29, 1.82) is 0 Å². The van der Waals surface area contributed by atoms with Gasteiger partial charge in [0.15, 0.2) is 0 Å². The van der Waals surface area contributed by atoms with Gasteiger partial charge in [0.05, 0.1) is 0 Å². The monoisotopic (exact) mass is 315 g/mol. The average Bonchev–Trinajstić information content (AvgIpc) is 1.76. The molecule has 0 aromatic carbocycles. The molecule has 0 aromatic heterocycles. The highest BCUT2D eigenvalue weighted by molar-refractivity contribution is 7.96. The standard InChI is InChI=1S/3CH2O2S.HO3P/c3*2-1(3)4;1-4(2)3/h3*4H,(H,2,3);(H-,1,2,3)/p+1.